The van der Waals surface area contributed by atoms with Gasteiger partial charge >= 0.3 is 6.03 Å². The summed E-state index contributed by atoms with van der Waals surface area (Å²) in [6, 6.07) is 7.10. The minimum absolute atomic E-state index is 0.0453. The SMILES string of the molecule is CC[C@H](C)[C@@H](CO)NC(=O)Nc1ccc(C)cc1. The zero-order valence-electron chi connectivity index (χ0n) is 11.2. The molecule has 0 radical (unpaired) electrons. The van der Waals surface area contributed by atoms with Gasteiger partial charge in [-0.15, -0.1) is 0 Å². The van der Waals surface area contributed by atoms with E-state index in [-0.39, 0.29) is 24.6 Å². The number of hydrogen-bond acceptors (Lipinski definition) is 2. The monoisotopic (exact) mass is 250 g/mol. The smallest absolute Gasteiger partial charge is 0.319 e. The molecule has 1 aromatic carbocycles. The van der Waals surface area contributed by atoms with E-state index in [1.807, 2.05) is 45.0 Å². The standard InChI is InChI=1S/C14H22N2O2/c1-4-11(3)13(9-17)16-14(18)15-12-7-5-10(2)6-8-12/h5-8,11,13,17H,4,9H2,1-3H3,(H2,15,16,18)/t11-,13+/m0/s1. The Hall–Kier alpha value is -1.55. The van der Waals surface area contributed by atoms with E-state index >= 15 is 0 Å². The van der Waals surface area contributed by atoms with E-state index in [0.29, 0.717) is 0 Å². The third-order valence-corrected chi connectivity index (χ3v) is 3.15. The average Bonchev–Trinajstić information content (AvgIpc) is 2.37. The molecule has 0 spiro atoms. The van der Waals surface area contributed by atoms with Gasteiger partial charge in [-0.25, -0.2) is 4.79 Å². The summed E-state index contributed by atoms with van der Waals surface area (Å²) in [6.45, 7) is 5.99. The molecule has 100 valence electrons. The van der Waals surface area contributed by atoms with Crippen LogP contribution in [0.25, 0.3) is 0 Å². The van der Waals surface area contributed by atoms with Crippen LogP contribution in [0.4, 0.5) is 10.5 Å². The van der Waals surface area contributed by atoms with E-state index in [4.69, 9.17) is 0 Å². The number of benzene rings is 1. The second kappa shape index (κ2) is 7.01. The summed E-state index contributed by atoms with van der Waals surface area (Å²) in [6.07, 6.45) is 0.913. The Morgan fingerprint density at radius 3 is 2.44 bits per heavy atom. The van der Waals surface area contributed by atoms with Crippen LogP contribution in [0.2, 0.25) is 0 Å². The summed E-state index contributed by atoms with van der Waals surface area (Å²) in [5, 5.41) is 14.8. The van der Waals surface area contributed by atoms with Crippen molar-refractivity contribution in [2.24, 2.45) is 5.92 Å². The number of hydrogen-bond donors (Lipinski definition) is 3. The molecule has 1 aromatic rings. The van der Waals surface area contributed by atoms with E-state index in [9.17, 15) is 9.90 Å². The predicted octanol–water partition coefficient (Wildman–Crippen LogP) is 2.52. The minimum Gasteiger partial charge on any atom is -0.394 e. The molecule has 0 heterocycles. The fraction of sp³-hybridized carbons (Fsp3) is 0.500. The zero-order valence-corrected chi connectivity index (χ0v) is 11.2. The first-order chi connectivity index (χ1) is 8.56. The Kier molecular flexibility index (Phi) is 5.65. The van der Waals surface area contributed by atoms with Crippen LogP contribution in [0.5, 0.6) is 0 Å². The number of amides is 2. The van der Waals surface area contributed by atoms with Crippen LogP contribution in [-0.2, 0) is 0 Å². The Labute approximate surface area is 108 Å². The number of aliphatic hydroxyl groups is 1. The van der Waals surface area contributed by atoms with E-state index in [0.717, 1.165) is 17.7 Å². The van der Waals surface area contributed by atoms with Crippen LogP contribution < -0.4 is 10.6 Å². The normalized spacial score (nSPS) is 13.8. The molecule has 0 unspecified atom stereocenters. The molecule has 0 saturated carbocycles. The van der Waals surface area contributed by atoms with Crippen LogP contribution in [0.3, 0.4) is 0 Å². The third-order valence-electron chi connectivity index (χ3n) is 3.15. The molecule has 0 aliphatic heterocycles. The molecule has 0 fully saturated rings. The van der Waals surface area contributed by atoms with Gasteiger partial charge in [0.25, 0.3) is 0 Å². The van der Waals surface area contributed by atoms with Crippen LogP contribution in [0.15, 0.2) is 24.3 Å². The van der Waals surface area contributed by atoms with Gasteiger partial charge in [-0.3, -0.25) is 0 Å². The fourth-order valence-corrected chi connectivity index (χ4v) is 1.62. The Bertz CT molecular complexity index is 376. The second-order valence-electron chi connectivity index (χ2n) is 4.64. The predicted molar refractivity (Wildman–Crippen MR) is 73.7 cm³/mol. The number of aryl methyl sites for hydroxylation is 1. The minimum atomic E-state index is -0.279. The highest BCUT2D eigenvalue weighted by Gasteiger charge is 2.17. The second-order valence-corrected chi connectivity index (χ2v) is 4.64. The first-order valence-electron chi connectivity index (χ1n) is 6.31. The molecule has 0 aliphatic carbocycles. The van der Waals surface area contributed by atoms with E-state index in [1.54, 1.807) is 0 Å². The van der Waals surface area contributed by atoms with Gasteiger partial charge in [0.05, 0.1) is 12.6 Å². The van der Waals surface area contributed by atoms with Crippen molar-refractivity contribution in [1.29, 1.82) is 0 Å². The highest BCUT2D eigenvalue weighted by Crippen LogP contribution is 2.10. The third kappa shape index (κ3) is 4.37. The first kappa shape index (κ1) is 14.5. The van der Waals surface area contributed by atoms with Gasteiger partial charge in [0, 0.05) is 5.69 Å². The van der Waals surface area contributed by atoms with E-state index < -0.39 is 0 Å². The van der Waals surface area contributed by atoms with Crippen molar-refractivity contribution in [2.45, 2.75) is 33.2 Å². The Balaban J connectivity index is 2.52. The largest absolute Gasteiger partial charge is 0.394 e. The number of aliphatic hydroxyl groups excluding tert-OH is 1. The quantitative estimate of drug-likeness (QED) is 0.752. The van der Waals surface area contributed by atoms with Crippen molar-refractivity contribution in [2.75, 3.05) is 11.9 Å². The summed E-state index contributed by atoms with van der Waals surface area (Å²) in [4.78, 5) is 11.8. The maximum Gasteiger partial charge on any atom is 0.319 e. The van der Waals surface area contributed by atoms with Crippen molar-refractivity contribution in [1.82, 2.24) is 5.32 Å². The molecule has 3 N–H and O–H groups in total. The van der Waals surface area contributed by atoms with Crippen LogP contribution in [0, 0.1) is 12.8 Å². The zero-order chi connectivity index (χ0) is 13.5. The fourth-order valence-electron chi connectivity index (χ4n) is 1.62. The van der Waals surface area contributed by atoms with Gasteiger partial charge in [-0.05, 0) is 25.0 Å². The maximum atomic E-state index is 11.8. The molecule has 4 nitrogen and oxygen atoms in total. The maximum absolute atomic E-state index is 11.8. The summed E-state index contributed by atoms with van der Waals surface area (Å²) in [5.74, 6) is 0.249. The van der Waals surface area contributed by atoms with Gasteiger partial charge < -0.3 is 15.7 Å². The number of nitrogens with one attached hydrogen (secondary N) is 2. The van der Waals surface area contributed by atoms with Crippen LogP contribution in [-0.4, -0.2) is 23.8 Å². The Morgan fingerprint density at radius 2 is 1.94 bits per heavy atom. The van der Waals surface area contributed by atoms with Crippen molar-refractivity contribution in [3.8, 4) is 0 Å². The van der Waals surface area contributed by atoms with E-state index in [1.165, 1.54) is 0 Å². The molecular formula is C14H22N2O2. The topological polar surface area (TPSA) is 61.4 Å². The number of carbonyl (C=O) groups excluding carboxylic acids is 1. The molecule has 2 atom stereocenters. The lowest BCUT2D eigenvalue weighted by atomic mass is 10.0. The number of rotatable bonds is 5. The number of urea groups is 1. The summed E-state index contributed by atoms with van der Waals surface area (Å²) < 4.78 is 0. The lowest BCUT2D eigenvalue weighted by molar-refractivity contribution is 0.198. The molecule has 0 bridgehead atoms. The van der Waals surface area contributed by atoms with Crippen molar-refractivity contribution < 1.29 is 9.90 Å². The average molecular weight is 250 g/mol. The van der Waals surface area contributed by atoms with Gasteiger partial charge in [0.15, 0.2) is 0 Å². The number of anilines is 1. The molecule has 1 rings (SSSR count). The van der Waals surface area contributed by atoms with Gasteiger partial charge in [0.2, 0.25) is 0 Å². The molecule has 0 aromatic heterocycles. The molecular weight excluding hydrogens is 228 g/mol. The Morgan fingerprint density at radius 1 is 1.33 bits per heavy atom. The highest BCUT2D eigenvalue weighted by atomic mass is 16.3. The van der Waals surface area contributed by atoms with E-state index in [2.05, 4.69) is 10.6 Å². The van der Waals surface area contributed by atoms with Crippen LogP contribution in [0.1, 0.15) is 25.8 Å². The summed E-state index contributed by atoms with van der Waals surface area (Å²) >= 11 is 0. The summed E-state index contributed by atoms with van der Waals surface area (Å²) in [5.41, 5.74) is 1.90. The molecule has 0 aliphatic rings. The van der Waals surface area contributed by atoms with Crippen molar-refractivity contribution in [3.63, 3.8) is 0 Å². The van der Waals surface area contributed by atoms with Crippen molar-refractivity contribution >= 4 is 11.7 Å². The van der Waals surface area contributed by atoms with Crippen molar-refractivity contribution in [3.05, 3.63) is 29.8 Å². The van der Waals surface area contributed by atoms with Crippen LogP contribution >= 0.6 is 0 Å². The lowest BCUT2D eigenvalue weighted by Gasteiger charge is -2.22. The molecule has 2 amide bonds. The van der Waals surface area contributed by atoms with Gasteiger partial charge in [-0.2, -0.15) is 0 Å². The van der Waals surface area contributed by atoms with Gasteiger partial charge in [-0.1, -0.05) is 38.0 Å². The summed E-state index contributed by atoms with van der Waals surface area (Å²) in [7, 11) is 0. The molecule has 18 heavy (non-hydrogen) atoms. The lowest BCUT2D eigenvalue weighted by Crippen LogP contribution is -2.43. The number of carbonyl (C=O) groups is 1. The molecule has 0 saturated heterocycles. The first-order valence-corrected chi connectivity index (χ1v) is 6.31. The molecule has 4 heteroatoms. The highest BCUT2D eigenvalue weighted by molar-refractivity contribution is 5.89. The van der Waals surface area contributed by atoms with Gasteiger partial charge in [0.1, 0.15) is 0 Å².